The lowest BCUT2D eigenvalue weighted by Gasteiger charge is -2.17. The van der Waals surface area contributed by atoms with E-state index in [2.05, 4.69) is 0 Å². The quantitative estimate of drug-likeness (QED) is 0.873. The second-order valence-electron chi connectivity index (χ2n) is 4.60. The Balaban J connectivity index is 2.52. The fraction of sp³-hybridized carbons (Fsp3) is 0.200. The number of benzene rings is 2. The van der Waals surface area contributed by atoms with Crippen LogP contribution in [0.1, 0.15) is 28.3 Å². The number of hydrogen-bond acceptors (Lipinski definition) is 1. The fourth-order valence-electron chi connectivity index (χ4n) is 2.01. The summed E-state index contributed by atoms with van der Waals surface area (Å²) in [7, 11) is 0. The molecule has 0 saturated heterocycles. The van der Waals surface area contributed by atoms with E-state index in [9.17, 15) is 8.78 Å². The minimum absolute atomic E-state index is 0.133. The van der Waals surface area contributed by atoms with Crippen molar-refractivity contribution in [2.24, 2.45) is 5.73 Å². The predicted molar refractivity (Wildman–Crippen MR) is 73.3 cm³/mol. The Bertz CT molecular complexity index is 626. The first-order chi connectivity index (χ1) is 8.90. The molecule has 0 amide bonds. The normalized spacial score (nSPS) is 12.5. The molecule has 0 fully saturated rings. The van der Waals surface area contributed by atoms with Gasteiger partial charge in [0.05, 0.1) is 6.04 Å². The van der Waals surface area contributed by atoms with Crippen molar-refractivity contribution in [1.29, 1.82) is 0 Å². The van der Waals surface area contributed by atoms with Gasteiger partial charge in [0.2, 0.25) is 0 Å². The van der Waals surface area contributed by atoms with E-state index in [0.717, 1.165) is 17.7 Å². The summed E-state index contributed by atoms with van der Waals surface area (Å²) in [4.78, 5) is 0. The van der Waals surface area contributed by atoms with Crippen molar-refractivity contribution in [3.63, 3.8) is 0 Å². The van der Waals surface area contributed by atoms with Crippen molar-refractivity contribution >= 4 is 11.6 Å². The highest BCUT2D eigenvalue weighted by atomic mass is 35.5. The van der Waals surface area contributed by atoms with Crippen LogP contribution in [0, 0.1) is 25.5 Å². The van der Waals surface area contributed by atoms with Crippen LogP contribution in [-0.2, 0) is 0 Å². The van der Waals surface area contributed by atoms with E-state index in [1.165, 1.54) is 6.92 Å². The zero-order chi connectivity index (χ0) is 14.2. The van der Waals surface area contributed by atoms with Crippen molar-refractivity contribution in [2.75, 3.05) is 0 Å². The van der Waals surface area contributed by atoms with Gasteiger partial charge in [-0.2, -0.15) is 0 Å². The van der Waals surface area contributed by atoms with E-state index in [0.29, 0.717) is 10.6 Å². The second-order valence-corrected chi connectivity index (χ2v) is 5.04. The summed E-state index contributed by atoms with van der Waals surface area (Å²) in [6, 6.07) is 6.78. The van der Waals surface area contributed by atoms with Gasteiger partial charge in [0, 0.05) is 10.6 Å². The number of nitrogens with two attached hydrogens (primary N) is 1. The molecule has 0 saturated carbocycles. The predicted octanol–water partition coefficient (Wildman–Crippen LogP) is 4.28. The number of aryl methyl sites for hydroxylation is 2. The van der Waals surface area contributed by atoms with Gasteiger partial charge in [-0.15, -0.1) is 0 Å². The van der Waals surface area contributed by atoms with E-state index >= 15 is 0 Å². The zero-order valence-corrected chi connectivity index (χ0v) is 11.4. The molecule has 19 heavy (non-hydrogen) atoms. The first kappa shape index (κ1) is 14.0. The number of halogens is 3. The summed E-state index contributed by atoms with van der Waals surface area (Å²) in [5.74, 6) is -0.975. The average molecular weight is 282 g/mol. The maximum atomic E-state index is 13.9. The summed E-state index contributed by atoms with van der Waals surface area (Å²) in [6.45, 7) is 3.37. The topological polar surface area (TPSA) is 26.0 Å². The highest BCUT2D eigenvalue weighted by molar-refractivity contribution is 6.30. The molecule has 0 bridgehead atoms. The first-order valence-electron chi connectivity index (χ1n) is 5.87. The molecule has 1 nitrogen and oxygen atoms in total. The van der Waals surface area contributed by atoms with Gasteiger partial charge in [-0.3, -0.25) is 0 Å². The van der Waals surface area contributed by atoms with E-state index in [-0.39, 0.29) is 11.1 Å². The van der Waals surface area contributed by atoms with Gasteiger partial charge in [-0.25, -0.2) is 8.78 Å². The van der Waals surface area contributed by atoms with Crippen molar-refractivity contribution < 1.29 is 8.78 Å². The molecule has 0 spiro atoms. The summed E-state index contributed by atoms with van der Waals surface area (Å²) in [5.41, 5.74) is 8.01. The number of hydrogen-bond donors (Lipinski definition) is 1. The minimum atomic E-state index is -0.742. The second kappa shape index (κ2) is 5.27. The Morgan fingerprint density at radius 3 is 2.32 bits per heavy atom. The summed E-state index contributed by atoms with van der Waals surface area (Å²) >= 11 is 5.92. The highest BCUT2D eigenvalue weighted by Crippen LogP contribution is 2.28. The first-order valence-corrected chi connectivity index (χ1v) is 6.25. The van der Waals surface area contributed by atoms with Crippen LogP contribution in [0.15, 0.2) is 30.3 Å². The third kappa shape index (κ3) is 2.77. The molecule has 0 aromatic heterocycles. The van der Waals surface area contributed by atoms with Gasteiger partial charge in [0.15, 0.2) is 0 Å². The minimum Gasteiger partial charge on any atom is -0.320 e. The molecule has 0 heterocycles. The smallest absolute Gasteiger partial charge is 0.128 e. The van der Waals surface area contributed by atoms with Crippen LogP contribution >= 0.6 is 11.6 Å². The third-order valence-electron chi connectivity index (χ3n) is 3.19. The van der Waals surface area contributed by atoms with Crippen LogP contribution < -0.4 is 5.73 Å². The summed E-state index contributed by atoms with van der Waals surface area (Å²) in [5, 5.41) is 0.518. The Labute approximate surface area is 116 Å². The standard InChI is InChI=1S/C15H14ClF2N/c1-8-3-4-10(16)6-11(8)15(19)12-7-13(17)9(2)5-14(12)18/h3-7,15H,19H2,1-2H3. The molecular weight excluding hydrogens is 268 g/mol. The van der Waals surface area contributed by atoms with Gasteiger partial charge >= 0.3 is 0 Å². The van der Waals surface area contributed by atoms with E-state index in [4.69, 9.17) is 17.3 Å². The van der Waals surface area contributed by atoms with Crippen molar-refractivity contribution in [3.05, 3.63) is 69.2 Å². The Morgan fingerprint density at radius 1 is 0.947 bits per heavy atom. The molecule has 0 radical (unpaired) electrons. The van der Waals surface area contributed by atoms with E-state index in [1.807, 2.05) is 6.92 Å². The lowest BCUT2D eigenvalue weighted by molar-refractivity contribution is 0.570. The molecule has 2 rings (SSSR count). The van der Waals surface area contributed by atoms with Gasteiger partial charge < -0.3 is 5.73 Å². The maximum absolute atomic E-state index is 13.9. The van der Waals surface area contributed by atoms with Crippen LogP contribution in [0.3, 0.4) is 0 Å². The molecule has 0 aliphatic rings. The largest absolute Gasteiger partial charge is 0.320 e. The van der Waals surface area contributed by atoms with E-state index < -0.39 is 17.7 Å². The molecule has 2 N–H and O–H groups in total. The molecule has 100 valence electrons. The van der Waals surface area contributed by atoms with E-state index in [1.54, 1.807) is 18.2 Å². The van der Waals surface area contributed by atoms with Gasteiger partial charge in [-0.05, 0) is 54.8 Å². The Hall–Kier alpha value is -1.45. The van der Waals surface area contributed by atoms with Crippen molar-refractivity contribution in [2.45, 2.75) is 19.9 Å². The monoisotopic (exact) mass is 281 g/mol. The third-order valence-corrected chi connectivity index (χ3v) is 3.42. The molecular formula is C15H14ClF2N. The van der Waals surface area contributed by atoms with Crippen molar-refractivity contribution in [3.8, 4) is 0 Å². The molecule has 2 aromatic rings. The SMILES string of the molecule is Cc1cc(F)c(C(N)c2cc(Cl)ccc2C)cc1F. The average Bonchev–Trinajstić information content (AvgIpc) is 2.36. The van der Waals surface area contributed by atoms with Gasteiger partial charge in [0.25, 0.3) is 0 Å². The molecule has 0 aliphatic heterocycles. The summed E-state index contributed by atoms with van der Waals surface area (Å²) < 4.78 is 27.5. The van der Waals surface area contributed by atoms with Crippen LogP contribution in [0.4, 0.5) is 8.78 Å². The Kier molecular flexibility index (Phi) is 3.88. The molecule has 1 atom stereocenters. The van der Waals surface area contributed by atoms with Gasteiger partial charge in [0.1, 0.15) is 11.6 Å². The van der Waals surface area contributed by atoms with Crippen LogP contribution in [0.25, 0.3) is 0 Å². The fourth-order valence-corrected chi connectivity index (χ4v) is 2.19. The summed E-state index contributed by atoms with van der Waals surface area (Å²) in [6.07, 6.45) is 0. The van der Waals surface area contributed by atoms with Crippen LogP contribution in [0.5, 0.6) is 0 Å². The van der Waals surface area contributed by atoms with Crippen LogP contribution in [-0.4, -0.2) is 0 Å². The lowest BCUT2D eigenvalue weighted by atomic mass is 9.94. The molecule has 4 heteroatoms. The van der Waals surface area contributed by atoms with Crippen molar-refractivity contribution in [1.82, 2.24) is 0 Å². The lowest BCUT2D eigenvalue weighted by Crippen LogP contribution is -2.15. The molecule has 0 aliphatic carbocycles. The molecule has 2 aromatic carbocycles. The maximum Gasteiger partial charge on any atom is 0.128 e. The zero-order valence-electron chi connectivity index (χ0n) is 10.7. The number of rotatable bonds is 2. The van der Waals surface area contributed by atoms with Crippen LogP contribution in [0.2, 0.25) is 5.02 Å². The van der Waals surface area contributed by atoms with Gasteiger partial charge in [-0.1, -0.05) is 17.7 Å². The highest BCUT2D eigenvalue weighted by Gasteiger charge is 2.18. The molecule has 1 unspecified atom stereocenters. The Morgan fingerprint density at radius 2 is 1.63 bits per heavy atom.